The van der Waals surface area contributed by atoms with E-state index in [-0.39, 0.29) is 42.0 Å². The second kappa shape index (κ2) is 9.03. The van der Waals surface area contributed by atoms with Crippen LogP contribution in [-0.4, -0.2) is 40.6 Å². The first kappa shape index (κ1) is 20.8. The van der Waals surface area contributed by atoms with Crippen molar-refractivity contribution >= 4 is 17.5 Å². The molecular formula is C24H27NO4. The van der Waals surface area contributed by atoms with E-state index in [1.54, 1.807) is 17.0 Å². The third kappa shape index (κ3) is 5.11. The Labute approximate surface area is 171 Å². The molecule has 5 heteroatoms. The van der Waals surface area contributed by atoms with Crippen molar-refractivity contribution in [3.63, 3.8) is 0 Å². The highest BCUT2D eigenvalue weighted by Gasteiger charge is 2.28. The third-order valence-corrected chi connectivity index (χ3v) is 5.63. The van der Waals surface area contributed by atoms with Crippen LogP contribution in [0.15, 0.2) is 42.5 Å². The van der Waals surface area contributed by atoms with Gasteiger partial charge in [-0.2, -0.15) is 0 Å². The second-order valence-corrected chi connectivity index (χ2v) is 7.81. The Balaban J connectivity index is 1.49. The van der Waals surface area contributed by atoms with Crippen molar-refractivity contribution in [3.8, 4) is 5.75 Å². The van der Waals surface area contributed by atoms with Crippen molar-refractivity contribution in [1.29, 1.82) is 0 Å². The molecule has 0 aromatic heterocycles. The maximum atomic E-state index is 12.6. The van der Waals surface area contributed by atoms with E-state index in [1.165, 1.54) is 12.1 Å². The van der Waals surface area contributed by atoms with E-state index in [1.807, 2.05) is 32.0 Å². The second-order valence-electron chi connectivity index (χ2n) is 7.81. The van der Waals surface area contributed by atoms with Crippen LogP contribution in [0.4, 0.5) is 0 Å². The molecular weight excluding hydrogens is 366 g/mol. The molecule has 1 saturated heterocycles. The number of piperidine rings is 1. The molecule has 2 aromatic rings. The number of aryl methyl sites for hydroxylation is 2. The molecule has 0 bridgehead atoms. The Hall–Kier alpha value is -2.95. The zero-order valence-electron chi connectivity index (χ0n) is 17.0. The number of carbonyl (C=O) groups excluding carboxylic acids is 3. The van der Waals surface area contributed by atoms with E-state index < -0.39 is 0 Å². The summed E-state index contributed by atoms with van der Waals surface area (Å²) in [5.41, 5.74) is 3.25. The standard InChI is InChI=1S/C24H27NO4/c1-16-3-4-17(2)21(15-16)22(27)9-10-23(28)25-13-11-19(12-14-25)24(29)18-5-7-20(26)8-6-18/h3-8,15,19,26H,9-14H2,1-2H3. The van der Waals surface area contributed by atoms with Crippen molar-refractivity contribution in [2.45, 2.75) is 39.5 Å². The highest BCUT2D eigenvalue weighted by molar-refractivity contribution is 5.99. The van der Waals surface area contributed by atoms with Gasteiger partial charge < -0.3 is 10.0 Å². The molecule has 1 fully saturated rings. The first-order valence-electron chi connectivity index (χ1n) is 10.1. The maximum absolute atomic E-state index is 12.6. The van der Waals surface area contributed by atoms with E-state index in [9.17, 15) is 19.5 Å². The van der Waals surface area contributed by atoms with Gasteiger partial charge in [0.2, 0.25) is 5.91 Å². The molecule has 0 atom stereocenters. The summed E-state index contributed by atoms with van der Waals surface area (Å²) in [6, 6.07) is 12.1. The van der Waals surface area contributed by atoms with Crippen molar-refractivity contribution in [2.24, 2.45) is 5.92 Å². The van der Waals surface area contributed by atoms with Crippen LogP contribution in [0.5, 0.6) is 5.75 Å². The summed E-state index contributed by atoms with van der Waals surface area (Å²) >= 11 is 0. The molecule has 1 aliphatic heterocycles. The van der Waals surface area contributed by atoms with E-state index in [0.717, 1.165) is 11.1 Å². The molecule has 1 N–H and O–H groups in total. The first-order valence-corrected chi connectivity index (χ1v) is 10.1. The zero-order chi connectivity index (χ0) is 21.0. The number of carbonyl (C=O) groups is 3. The molecule has 0 saturated carbocycles. The number of benzene rings is 2. The Kier molecular flexibility index (Phi) is 6.47. The lowest BCUT2D eigenvalue weighted by atomic mass is 9.88. The van der Waals surface area contributed by atoms with Crippen molar-refractivity contribution in [2.75, 3.05) is 13.1 Å². The summed E-state index contributed by atoms with van der Waals surface area (Å²) in [5, 5.41) is 9.36. The average molecular weight is 393 g/mol. The van der Waals surface area contributed by atoms with Crippen molar-refractivity contribution < 1.29 is 19.5 Å². The van der Waals surface area contributed by atoms with Gasteiger partial charge >= 0.3 is 0 Å². The van der Waals surface area contributed by atoms with E-state index in [4.69, 9.17) is 0 Å². The van der Waals surface area contributed by atoms with Gasteiger partial charge in [0, 0.05) is 43.0 Å². The van der Waals surface area contributed by atoms with Gasteiger partial charge in [0.25, 0.3) is 0 Å². The van der Waals surface area contributed by atoms with Gasteiger partial charge in [-0.1, -0.05) is 17.7 Å². The van der Waals surface area contributed by atoms with Gasteiger partial charge in [-0.05, 0) is 62.6 Å². The number of Topliss-reactive ketones (excluding diaryl/α,β-unsaturated/α-hetero) is 2. The van der Waals surface area contributed by atoms with Crippen LogP contribution >= 0.6 is 0 Å². The predicted molar refractivity (Wildman–Crippen MR) is 111 cm³/mol. The summed E-state index contributed by atoms with van der Waals surface area (Å²) < 4.78 is 0. The molecule has 152 valence electrons. The fraction of sp³-hybridized carbons (Fsp3) is 0.375. The van der Waals surface area contributed by atoms with Gasteiger partial charge in [0.1, 0.15) is 5.75 Å². The lowest BCUT2D eigenvalue weighted by molar-refractivity contribution is -0.132. The van der Waals surface area contributed by atoms with Gasteiger partial charge in [-0.3, -0.25) is 14.4 Å². The van der Waals surface area contributed by atoms with E-state index in [2.05, 4.69) is 0 Å². The van der Waals surface area contributed by atoms with E-state index >= 15 is 0 Å². The quantitative estimate of drug-likeness (QED) is 0.750. The molecule has 2 aromatic carbocycles. The number of amides is 1. The number of phenols is 1. The highest BCUT2D eigenvalue weighted by Crippen LogP contribution is 2.24. The Morgan fingerprint density at radius 2 is 1.62 bits per heavy atom. The van der Waals surface area contributed by atoms with Gasteiger partial charge in [-0.15, -0.1) is 0 Å². The number of rotatable bonds is 6. The molecule has 29 heavy (non-hydrogen) atoms. The Bertz CT molecular complexity index is 909. The summed E-state index contributed by atoms with van der Waals surface area (Å²) in [4.78, 5) is 39.4. The minimum absolute atomic E-state index is 0.00283. The molecule has 5 nitrogen and oxygen atoms in total. The van der Waals surface area contributed by atoms with Crippen LogP contribution in [-0.2, 0) is 4.79 Å². The van der Waals surface area contributed by atoms with Crippen LogP contribution in [0.2, 0.25) is 0 Å². The topological polar surface area (TPSA) is 74.7 Å². The number of aromatic hydroxyl groups is 1. The van der Waals surface area contributed by atoms with Crippen LogP contribution in [0.3, 0.4) is 0 Å². The van der Waals surface area contributed by atoms with Gasteiger partial charge in [0.15, 0.2) is 11.6 Å². The smallest absolute Gasteiger partial charge is 0.223 e. The molecule has 1 heterocycles. The van der Waals surface area contributed by atoms with Crippen LogP contribution in [0.25, 0.3) is 0 Å². The SMILES string of the molecule is Cc1ccc(C)c(C(=O)CCC(=O)N2CCC(C(=O)c3ccc(O)cc3)CC2)c1. The average Bonchev–Trinajstić information content (AvgIpc) is 2.73. The fourth-order valence-corrected chi connectivity index (χ4v) is 3.80. The molecule has 0 radical (unpaired) electrons. The Morgan fingerprint density at radius 3 is 2.28 bits per heavy atom. The van der Waals surface area contributed by atoms with Crippen molar-refractivity contribution in [3.05, 3.63) is 64.7 Å². The molecule has 0 unspecified atom stereocenters. The van der Waals surface area contributed by atoms with Crippen molar-refractivity contribution in [1.82, 2.24) is 4.90 Å². The number of hydrogen-bond acceptors (Lipinski definition) is 4. The molecule has 3 rings (SSSR count). The number of ketones is 2. The van der Waals surface area contributed by atoms with E-state index in [0.29, 0.717) is 37.1 Å². The summed E-state index contributed by atoms with van der Waals surface area (Å²) in [5.74, 6) is 0.0517. The normalized spacial score (nSPS) is 14.6. The monoisotopic (exact) mass is 393 g/mol. The Morgan fingerprint density at radius 1 is 0.966 bits per heavy atom. The van der Waals surface area contributed by atoms with Crippen LogP contribution < -0.4 is 0 Å². The fourth-order valence-electron chi connectivity index (χ4n) is 3.80. The van der Waals surface area contributed by atoms with Gasteiger partial charge in [-0.25, -0.2) is 0 Å². The lowest BCUT2D eigenvalue weighted by Crippen LogP contribution is -2.40. The molecule has 0 aliphatic carbocycles. The predicted octanol–water partition coefficient (Wildman–Crippen LogP) is 4.09. The molecule has 1 aliphatic rings. The number of nitrogens with zero attached hydrogens (tertiary/aromatic N) is 1. The van der Waals surface area contributed by atoms with Crippen LogP contribution in [0.1, 0.15) is 57.5 Å². The number of phenolic OH excluding ortho intramolecular Hbond substituents is 1. The maximum Gasteiger partial charge on any atom is 0.223 e. The van der Waals surface area contributed by atoms with Crippen LogP contribution in [0, 0.1) is 19.8 Å². The number of likely N-dealkylation sites (tertiary alicyclic amines) is 1. The summed E-state index contributed by atoms with van der Waals surface area (Å²) in [7, 11) is 0. The minimum Gasteiger partial charge on any atom is -0.508 e. The summed E-state index contributed by atoms with van der Waals surface area (Å²) in [6.07, 6.45) is 1.64. The largest absolute Gasteiger partial charge is 0.508 e. The molecule has 0 spiro atoms. The third-order valence-electron chi connectivity index (χ3n) is 5.63. The first-order chi connectivity index (χ1) is 13.8. The lowest BCUT2D eigenvalue weighted by Gasteiger charge is -2.31. The van der Waals surface area contributed by atoms with Gasteiger partial charge in [0.05, 0.1) is 0 Å². The summed E-state index contributed by atoms with van der Waals surface area (Å²) in [6.45, 7) is 4.92. The number of hydrogen-bond donors (Lipinski definition) is 1. The minimum atomic E-state index is -0.111. The highest BCUT2D eigenvalue weighted by atomic mass is 16.3. The molecule has 1 amide bonds. The zero-order valence-corrected chi connectivity index (χ0v) is 17.0.